The smallest absolute Gasteiger partial charge is 0.269 e. The third kappa shape index (κ3) is 2.42. The Balaban J connectivity index is 2.49. The van der Waals surface area contributed by atoms with Gasteiger partial charge in [-0.15, -0.1) is 0 Å². The molecule has 100 valence electrons. The molecule has 0 radical (unpaired) electrons. The second-order valence-corrected chi connectivity index (χ2v) is 4.25. The fourth-order valence-corrected chi connectivity index (χ4v) is 1.95. The van der Waals surface area contributed by atoms with Gasteiger partial charge in [0.25, 0.3) is 11.2 Å². The monoisotopic (exact) mass is 269 g/mol. The summed E-state index contributed by atoms with van der Waals surface area (Å²) in [5, 5.41) is 19.2. The number of hydrogen-bond acceptors (Lipinski definition) is 4. The molecule has 0 aliphatic heterocycles. The lowest BCUT2D eigenvalue weighted by molar-refractivity contribution is -0.384. The van der Waals surface area contributed by atoms with Gasteiger partial charge in [0.15, 0.2) is 0 Å². The zero-order valence-electron chi connectivity index (χ0n) is 10.7. The first-order chi connectivity index (χ1) is 9.54. The highest BCUT2D eigenvalue weighted by Gasteiger charge is 2.09. The first-order valence-corrected chi connectivity index (χ1v) is 5.85. The number of non-ortho nitro benzene ring substituents is 1. The molecule has 0 spiro atoms. The largest absolute Gasteiger partial charge is 0.311 e. The van der Waals surface area contributed by atoms with Gasteiger partial charge in [0.1, 0.15) is 0 Å². The third-order valence-electron chi connectivity index (χ3n) is 3.03. The van der Waals surface area contributed by atoms with Crippen LogP contribution in [0.4, 0.5) is 5.69 Å². The molecule has 20 heavy (non-hydrogen) atoms. The second-order valence-electron chi connectivity index (χ2n) is 4.25. The fourth-order valence-electron chi connectivity index (χ4n) is 1.95. The number of benzene rings is 1. The van der Waals surface area contributed by atoms with Gasteiger partial charge in [0, 0.05) is 24.7 Å². The minimum Gasteiger partial charge on any atom is -0.311 e. The summed E-state index contributed by atoms with van der Waals surface area (Å²) in [6.07, 6.45) is 0.0627. The van der Waals surface area contributed by atoms with Crippen molar-refractivity contribution in [2.24, 2.45) is 7.05 Å². The van der Waals surface area contributed by atoms with Crippen molar-refractivity contribution in [1.82, 2.24) is 4.57 Å². The van der Waals surface area contributed by atoms with Crippen LogP contribution in [0.5, 0.6) is 0 Å². The minimum absolute atomic E-state index is 0.000138. The number of nitrogens with zero attached hydrogens (tertiary/aromatic N) is 3. The molecule has 0 aliphatic rings. The van der Waals surface area contributed by atoms with Gasteiger partial charge in [0.2, 0.25) is 0 Å². The van der Waals surface area contributed by atoms with Crippen molar-refractivity contribution in [2.75, 3.05) is 0 Å². The lowest BCUT2D eigenvalue weighted by Gasteiger charge is -2.09. The number of rotatable bonds is 3. The maximum absolute atomic E-state index is 12.0. The molecule has 0 unspecified atom stereocenters. The number of aromatic nitrogens is 1. The van der Waals surface area contributed by atoms with Gasteiger partial charge in [-0.1, -0.05) is 6.07 Å². The molecule has 0 amide bonds. The Morgan fingerprint density at radius 1 is 1.25 bits per heavy atom. The zero-order valence-corrected chi connectivity index (χ0v) is 10.7. The zero-order chi connectivity index (χ0) is 14.7. The summed E-state index contributed by atoms with van der Waals surface area (Å²) < 4.78 is 1.44. The summed E-state index contributed by atoms with van der Waals surface area (Å²) in [4.78, 5) is 22.2. The second kappa shape index (κ2) is 5.36. The standard InChI is InChI=1S/C14H11N3O3/c1-16-13(7-4-11(8-9-15)14(16)18)10-2-5-12(6-3-10)17(19)20/h2-7H,8H2,1H3. The molecule has 0 fully saturated rings. The molecular weight excluding hydrogens is 258 g/mol. The van der Waals surface area contributed by atoms with Gasteiger partial charge in [-0.25, -0.2) is 0 Å². The third-order valence-corrected chi connectivity index (χ3v) is 3.03. The maximum atomic E-state index is 12.0. The first-order valence-electron chi connectivity index (χ1n) is 5.85. The molecule has 6 nitrogen and oxygen atoms in total. The van der Waals surface area contributed by atoms with Crippen LogP contribution in [0.2, 0.25) is 0 Å². The quantitative estimate of drug-likeness (QED) is 0.629. The van der Waals surface area contributed by atoms with Crippen LogP contribution in [-0.2, 0) is 13.5 Å². The van der Waals surface area contributed by atoms with Gasteiger partial charge in [-0.05, 0) is 23.8 Å². The summed E-state index contributed by atoms with van der Waals surface area (Å²) in [6, 6.07) is 11.3. The van der Waals surface area contributed by atoms with Crippen molar-refractivity contribution in [3.05, 3.63) is 62.4 Å². The average molecular weight is 269 g/mol. The number of hydrogen-bond donors (Lipinski definition) is 0. The molecule has 0 atom stereocenters. The Kier molecular flexibility index (Phi) is 3.62. The van der Waals surface area contributed by atoms with Crippen molar-refractivity contribution >= 4 is 5.69 Å². The predicted molar refractivity (Wildman–Crippen MR) is 73.1 cm³/mol. The fraction of sp³-hybridized carbons (Fsp3) is 0.143. The normalized spacial score (nSPS) is 10.0. The maximum Gasteiger partial charge on any atom is 0.269 e. The van der Waals surface area contributed by atoms with E-state index in [0.717, 1.165) is 0 Å². The van der Waals surface area contributed by atoms with Gasteiger partial charge < -0.3 is 4.57 Å². The minimum atomic E-state index is -0.473. The molecule has 0 bridgehead atoms. The van der Waals surface area contributed by atoms with Crippen LogP contribution in [0.25, 0.3) is 11.3 Å². The predicted octanol–water partition coefficient (Wildman–Crippen LogP) is 2.03. The SMILES string of the molecule is Cn1c(-c2ccc([N+](=O)[O-])cc2)ccc(CC#N)c1=O. The molecular formula is C14H11N3O3. The van der Waals surface area contributed by atoms with Crippen molar-refractivity contribution in [3.8, 4) is 17.3 Å². The lowest BCUT2D eigenvalue weighted by Crippen LogP contribution is -2.21. The van der Waals surface area contributed by atoms with Gasteiger partial charge in [0.05, 0.1) is 23.1 Å². The molecule has 2 aromatic rings. The summed E-state index contributed by atoms with van der Waals surface area (Å²) in [5.41, 5.74) is 1.55. The van der Waals surface area contributed by atoms with E-state index in [4.69, 9.17) is 5.26 Å². The molecule has 0 saturated carbocycles. The number of nitriles is 1. The van der Waals surface area contributed by atoms with E-state index in [-0.39, 0.29) is 17.7 Å². The van der Waals surface area contributed by atoms with Crippen molar-refractivity contribution in [1.29, 1.82) is 5.26 Å². The van der Waals surface area contributed by atoms with Gasteiger partial charge in [-0.3, -0.25) is 14.9 Å². The summed E-state index contributed by atoms with van der Waals surface area (Å²) in [5.74, 6) is 0. The Hall–Kier alpha value is -2.94. The van der Waals surface area contributed by atoms with E-state index in [0.29, 0.717) is 16.8 Å². The van der Waals surface area contributed by atoms with Crippen molar-refractivity contribution in [2.45, 2.75) is 6.42 Å². The number of nitro benzene ring substituents is 1. The molecule has 6 heteroatoms. The molecule has 2 rings (SSSR count). The molecule has 0 saturated heterocycles. The molecule has 1 aromatic heterocycles. The van der Waals surface area contributed by atoms with Gasteiger partial charge >= 0.3 is 0 Å². The highest BCUT2D eigenvalue weighted by Crippen LogP contribution is 2.21. The molecule has 1 aromatic carbocycles. The van der Waals surface area contributed by atoms with E-state index in [1.807, 2.05) is 6.07 Å². The lowest BCUT2D eigenvalue weighted by atomic mass is 10.1. The van der Waals surface area contributed by atoms with E-state index >= 15 is 0 Å². The van der Waals surface area contributed by atoms with Crippen LogP contribution in [0, 0.1) is 21.4 Å². The summed E-state index contributed by atoms with van der Waals surface area (Å²) in [6.45, 7) is 0. The van der Waals surface area contributed by atoms with E-state index in [1.54, 1.807) is 31.3 Å². The van der Waals surface area contributed by atoms with Crippen molar-refractivity contribution < 1.29 is 4.92 Å². The van der Waals surface area contributed by atoms with Crippen LogP contribution >= 0.6 is 0 Å². The molecule has 0 aliphatic carbocycles. The van der Waals surface area contributed by atoms with E-state index in [1.165, 1.54) is 16.7 Å². The Morgan fingerprint density at radius 3 is 2.45 bits per heavy atom. The highest BCUT2D eigenvalue weighted by molar-refractivity contribution is 5.61. The summed E-state index contributed by atoms with van der Waals surface area (Å²) >= 11 is 0. The number of pyridine rings is 1. The van der Waals surface area contributed by atoms with Crippen LogP contribution < -0.4 is 5.56 Å². The highest BCUT2D eigenvalue weighted by atomic mass is 16.6. The van der Waals surface area contributed by atoms with E-state index in [9.17, 15) is 14.9 Å². The van der Waals surface area contributed by atoms with Crippen molar-refractivity contribution in [3.63, 3.8) is 0 Å². The van der Waals surface area contributed by atoms with Crippen LogP contribution in [0.1, 0.15) is 5.56 Å². The van der Waals surface area contributed by atoms with Gasteiger partial charge in [-0.2, -0.15) is 5.26 Å². The average Bonchev–Trinajstić information content (AvgIpc) is 2.44. The molecule has 1 heterocycles. The number of nitro groups is 1. The summed E-state index contributed by atoms with van der Waals surface area (Å²) in [7, 11) is 1.61. The van der Waals surface area contributed by atoms with Crippen LogP contribution in [0.3, 0.4) is 0 Å². The molecule has 0 N–H and O–H groups in total. The van der Waals surface area contributed by atoms with Crippen LogP contribution in [-0.4, -0.2) is 9.49 Å². The van der Waals surface area contributed by atoms with Crippen LogP contribution in [0.15, 0.2) is 41.2 Å². The Labute approximate surface area is 114 Å². The topological polar surface area (TPSA) is 88.9 Å². The Bertz CT molecular complexity index is 755. The van der Waals surface area contributed by atoms with E-state index in [2.05, 4.69) is 0 Å². The first kappa shape index (κ1) is 13.5. The van der Waals surface area contributed by atoms with E-state index < -0.39 is 4.92 Å². The Morgan fingerprint density at radius 2 is 1.90 bits per heavy atom.